The Hall–Kier alpha value is -3.12. The fraction of sp³-hybridized carbons (Fsp3) is 0.158. The second-order valence-corrected chi connectivity index (χ2v) is 5.67. The summed E-state index contributed by atoms with van der Waals surface area (Å²) in [5.41, 5.74) is 2.14. The van der Waals surface area contributed by atoms with Crippen LogP contribution >= 0.6 is 0 Å². The van der Waals surface area contributed by atoms with E-state index in [2.05, 4.69) is 10.3 Å². The van der Waals surface area contributed by atoms with Gasteiger partial charge in [-0.1, -0.05) is 48.5 Å². The summed E-state index contributed by atoms with van der Waals surface area (Å²) in [6, 6.07) is 17.3. The standard InChI is InChI=1S/C19H19N3O3/c1-14-7-5-6-10-16(14)20-17-11-22(19(24)21-18(17)23)13-25-12-15-8-3-2-4-9-15/h2-11,20H,12-13H2,1H3,(H,21,23,24). The largest absolute Gasteiger partial charge is 0.356 e. The molecule has 3 aromatic rings. The van der Waals surface area contributed by atoms with Crippen molar-refractivity contribution in [2.45, 2.75) is 20.3 Å². The van der Waals surface area contributed by atoms with Crippen molar-refractivity contribution in [1.82, 2.24) is 9.55 Å². The number of H-pyrrole nitrogens is 1. The van der Waals surface area contributed by atoms with Gasteiger partial charge in [0.2, 0.25) is 0 Å². The van der Waals surface area contributed by atoms with Crippen LogP contribution in [0.15, 0.2) is 70.4 Å². The Labute approximate surface area is 144 Å². The lowest BCUT2D eigenvalue weighted by atomic mass is 10.2. The van der Waals surface area contributed by atoms with Crippen molar-refractivity contribution in [2.24, 2.45) is 0 Å². The molecule has 6 heteroatoms. The molecule has 1 heterocycles. The number of nitrogens with one attached hydrogen (secondary N) is 2. The molecule has 2 N–H and O–H groups in total. The monoisotopic (exact) mass is 337 g/mol. The van der Waals surface area contributed by atoms with Crippen molar-refractivity contribution >= 4 is 11.4 Å². The molecule has 25 heavy (non-hydrogen) atoms. The second kappa shape index (κ2) is 7.63. The molecule has 0 amide bonds. The number of nitrogens with zero attached hydrogens (tertiary/aromatic N) is 1. The lowest BCUT2D eigenvalue weighted by Crippen LogP contribution is -2.31. The summed E-state index contributed by atoms with van der Waals surface area (Å²) in [5, 5.41) is 3.06. The van der Waals surface area contributed by atoms with Gasteiger partial charge in [0, 0.05) is 11.9 Å². The molecular weight excluding hydrogens is 318 g/mol. The predicted molar refractivity (Wildman–Crippen MR) is 97.0 cm³/mol. The number of para-hydroxylation sites is 1. The lowest BCUT2D eigenvalue weighted by Gasteiger charge is -2.11. The molecular formula is C19H19N3O3. The number of ether oxygens (including phenoxy) is 1. The summed E-state index contributed by atoms with van der Waals surface area (Å²) in [6.07, 6.45) is 1.47. The molecule has 0 atom stereocenters. The maximum absolute atomic E-state index is 12.0. The van der Waals surface area contributed by atoms with E-state index >= 15 is 0 Å². The predicted octanol–water partition coefficient (Wildman–Crippen LogP) is 2.76. The van der Waals surface area contributed by atoms with Crippen LogP contribution in [0.4, 0.5) is 11.4 Å². The molecule has 0 aliphatic heterocycles. The molecule has 0 aliphatic rings. The van der Waals surface area contributed by atoms with E-state index in [4.69, 9.17) is 4.74 Å². The van der Waals surface area contributed by atoms with Gasteiger partial charge in [0.1, 0.15) is 12.4 Å². The summed E-state index contributed by atoms with van der Waals surface area (Å²) in [4.78, 5) is 26.3. The Morgan fingerprint density at radius 1 is 1.00 bits per heavy atom. The summed E-state index contributed by atoms with van der Waals surface area (Å²) in [6.45, 7) is 2.37. The Bertz CT molecular complexity index is 961. The van der Waals surface area contributed by atoms with Crippen molar-refractivity contribution in [2.75, 3.05) is 5.32 Å². The number of aromatic nitrogens is 2. The van der Waals surface area contributed by atoms with E-state index in [0.29, 0.717) is 6.61 Å². The van der Waals surface area contributed by atoms with Crippen LogP contribution in [-0.4, -0.2) is 9.55 Å². The van der Waals surface area contributed by atoms with Crippen molar-refractivity contribution in [3.8, 4) is 0 Å². The third-order valence-corrected chi connectivity index (χ3v) is 3.77. The Morgan fingerprint density at radius 2 is 1.72 bits per heavy atom. The third kappa shape index (κ3) is 4.24. The Balaban J connectivity index is 1.75. The minimum atomic E-state index is -0.506. The van der Waals surface area contributed by atoms with E-state index < -0.39 is 11.2 Å². The molecule has 2 aromatic carbocycles. The Morgan fingerprint density at radius 3 is 2.48 bits per heavy atom. The number of hydrogen-bond donors (Lipinski definition) is 2. The molecule has 0 unspecified atom stereocenters. The highest BCUT2D eigenvalue weighted by Gasteiger charge is 2.06. The second-order valence-electron chi connectivity index (χ2n) is 5.67. The van der Waals surface area contributed by atoms with E-state index in [1.165, 1.54) is 10.8 Å². The fourth-order valence-corrected chi connectivity index (χ4v) is 2.39. The maximum atomic E-state index is 12.0. The lowest BCUT2D eigenvalue weighted by molar-refractivity contribution is 0.0609. The average Bonchev–Trinajstić information content (AvgIpc) is 2.61. The van der Waals surface area contributed by atoms with Gasteiger partial charge < -0.3 is 10.1 Å². The number of aryl methyl sites for hydroxylation is 1. The molecule has 0 aliphatic carbocycles. The Kier molecular flexibility index (Phi) is 5.11. The normalized spacial score (nSPS) is 10.6. The minimum Gasteiger partial charge on any atom is -0.356 e. The van der Waals surface area contributed by atoms with E-state index in [1.54, 1.807) is 0 Å². The molecule has 0 radical (unpaired) electrons. The highest BCUT2D eigenvalue weighted by atomic mass is 16.5. The number of rotatable bonds is 6. The summed E-state index contributed by atoms with van der Waals surface area (Å²) >= 11 is 0. The number of anilines is 2. The topological polar surface area (TPSA) is 76.1 Å². The van der Waals surface area contributed by atoms with Gasteiger partial charge in [-0.2, -0.15) is 0 Å². The van der Waals surface area contributed by atoms with Crippen LogP contribution in [0.1, 0.15) is 11.1 Å². The third-order valence-electron chi connectivity index (χ3n) is 3.77. The van der Waals surface area contributed by atoms with Crippen molar-refractivity contribution in [3.63, 3.8) is 0 Å². The molecule has 0 saturated heterocycles. The van der Waals surface area contributed by atoms with Gasteiger partial charge in [-0.05, 0) is 24.1 Å². The summed E-state index contributed by atoms with van der Waals surface area (Å²) in [7, 11) is 0. The van der Waals surface area contributed by atoms with Gasteiger partial charge >= 0.3 is 5.69 Å². The van der Waals surface area contributed by atoms with E-state index in [9.17, 15) is 9.59 Å². The molecule has 3 rings (SSSR count). The van der Waals surface area contributed by atoms with Crippen LogP contribution in [0, 0.1) is 6.92 Å². The zero-order valence-corrected chi connectivity index (χ0v) is 13.9. The first-order valence-electron chi connectivity index (χ1n) is 7.91. The summed E-state index contributed by atoms with van der Waals surface area (Å²) < 4.78 is 6.89. The van der Waals surface area contributed by atoms with Crippen LogP contribution in [0.3, 0.4) is 0 Å². The number of benzene rings is 2. The van der Waals surface area contributed by atoms with Crippen molar-refractivity contribution in [3.05, 3.63) is 92.8 Å². The van der Waals surface area contributed by atoms with Crippen molar-refractivity contribution < 1.29 is 4.74 Å². The summed E-state index contributed by atoms with van der Waals surface area (Å²) in [5.74, 6) is 0. The van der Waals surface area contributed by atoms with Gasteiger partial charge in [0.25, 0.3) is 5.56 Å². The molecule has 1 aromatic heterocycles. The number of aromatic amines is 1. The van der Waals surface area contributed by atoms with Gasteiger partial charge in [0.15, 0.2) is 0 Å². The van der Waals surface area contributed by atoms with Crippen LogP contribution in [0.25, 0.3) is 0 Å². The maximum Gasteiger partial charge on any atom is 0.330 e. The van der Waals surface area contributed by atoms with Crippen LogP contribution in [0.5, 0.6) is 0 Å². The number of hydrogen-bond acceptors (Lipinski definition) is 4. The molecule has 0 spiro atoms. The van der Waals surface area contributed by atoms with E-state index in [1.807, 2.05) is 61.5 Å². The first-order valence-corrected chi connectivity index (χ1v) is 7.91. The molecule has 0 fully saturated rings. The molecule has 128 valence electrons. The first-order chi connectivity index (χ1) is 12.1. The molecule has 6 nitrogen and oxygen atoms in total. The zero-order chi connectivity index (χ0) is 17.6. The first kappa shape index (κ1) is 16.7. The fourth-order valence-electron chi connectivity index (χ4n) is 2.39. The van der Waals surface area contributed by atoms with Gasteiger partial charge in [-0.25, -0.2) is 4.79 Å². The van der Waals surface area contributed by atoms with E-state index in [0.717, 1.165) is 16.8 Å². The van der Waals surface area contributed by atoms with Crippen LogP contribution < -0.4 is 16.6 Å². The highest BCUT2D eigenvalue weighted by Crippen LogP contribution is 2.16. The quantitative estimate of drug-likeness (QED) is 0.725. The van der Waals surface area contributed by atoms with E-state index in [-0.39, 0.29) is 12.4 Å². The van der Waals surface area contributed by atoms with Crippen molar-refractivity contribution in [1.29, 1.82) is 0 Å². The zero-order valence-electron chi connectivity index (χ0n) is 13.9. The molecule has 0 bridgehead atoms. The molecule has 0 saturated carbocycles. The smallest absolute Gasteiger partial charge is 0.330 e. The van der Waals surface area contributed by atoms with Gasteiger partial charge in [-0.15, -0.1) is 0 Å². The average molecular weight is 337 g/mol. The minimum absolute atomic E-state index is 0.0486. The van der Waals surface area contributed by atoms with Gasteiger partial charge in [-0.3, -0.25) is 14.3 Å². The SMILES string of the molecule is Cc1ccccc1Nc1cn(COCc2ccccc2)c(=O)[nH]c1=O. The van der Waals surface area contributed by atoms with Crippen LogP contribution in [-0.2, 0) is 18.1 Å². The van der Waals surface area contributed by atoms with Crippen LogP contribution in [0.2, 0.25) is 0 Å². The van der Waals surface area contributed by atoms with Gasteiger partial charge in [0.05, 0.1) is 6.61 Å². The highest BCUT2D eigenvalue weighted by molar-refractivity contribution is 5.61.